The van der Waals surface area contributed by atoms with E-state index in [1.54, 1.807) is 39.8 Å². The third kappa shape index (κ3) is 5.54. The van der Waals surface area contributed by atoms with E-state index in [2.05, 4.69) is 10.6 Å². The van der Waals surface area contributed by atoms with E-state index in [4.69, 9.17) is 16.9 Å². The number of carbonyl (C=O) groups excluding carboxylic acids is 2. The van der Waals surface area contributed by atoms with Crippen LogP contribution in [0.25, 0.3) is 10.9 Å². The van der Waals surface area contributed by atoms with Crippen molar-refractivity contribution in [2.24, 2.45) is 5.92 Å². The van der Waals surface area contributed by atoms with E-state index in [0.29, 0.717) is 72.1 Å². The van der Waals surface area contributed by atoms with Crippen molar-refractivity contribution in [3.05, 3.63) is 73.4 Å². The Bertz CT molecular complexity index is 1620. The minimum Gasteiger partial charge on any atom is -0.337 e. The van der Waals surface area contributed by atoms with Crippen molar-refractivity contribution >= 4 is 40.1 Å². The van der Waals surface area contributed by atoms with E-state index in [1.807, 2.05) is 13.0 Å². The Balaban J connectivity index is 1.32. The van der Waals surface area contributed by atoms with Crippen molar-refractivity contribution in [3.63, 3.8) is 0 Å². The van der Waals surface area contributed by atoms with Crippen LogP contribution in [0.2, 0.25) is 5.02 Å². The van der Waals surface area contributed by atoms with Gasteiger partial charge in [0.05, 0.1) is 21.5 Å². The summed E-state index contributed by atoms with van der Waals surface area (Å²) in [5, 5.41) is 15.4. The lowest BCUT2D eigenvalue weighted by atomic mass is 10.0. The minimum atomic E-state index is -0.444. The van der Waals surface area contributed by atoms with Crippen molar-refractivity contribution in [2.75, 3.05) is 18.4 Å². The molecule has 1 aliphatic carbocycles. The van der Waals surface area contributed by atoms with Crippen molar-refractivity contribution in [1.29, 1.82) is 5.26 Å². The van der Waals surface area contributed by atoms with E-state index >= 15 is 0 Å². The highest BCUT2D eigenvalue weighted by molar-refractivity contribution is 6.31. The highest BCUT2D eigenvalue weighted by Crippen LogP contribution is 2.30. The number of aromatic nitrogens is 2. The zero-order valence-corrected chi connectivity index (χ0v) is 22.3. The van der Waals surface area contributed by atoms with Crippen LogP contribution in [0.1, 0.15) is 48.5 Å². The molecule has 2 aromatic carbocycles. The second kappa shape index (κ2) is 10.9. The zero-order valence-electron chi connectivity index (χ0n) is 21.6. The number of benzene rings is 2. The highest BCUT2D eigenvalue weighted by Gasteiger charge is 2.27. The third-order valence-electron chi connectivity index (χ3n) is 7.31. The topological polar surface area (TPSA) is 129 Å². The molecule has 3 amide bonds. The summed E-state index contributed by atoms with van der Waals surface area (Å²) in [6, 6.07) is 10.8. The lowest BCUT2D eigenvalue weighted by Gasteiger charge is -2.33. The number of nitrogens with zero attached hydrogens (tertiary/aromatic N) is 4. The van der Waals surface area contributed by atoms with Gasteiger partial charge in [0.2, 0.25) is 0 Å². The fourth-order valence-electron chi connectivity index (χ4n) is 5.09. The molecule has 1 aliphatic heterocycles. The van der Waals surface area contributed by atoms with Gasteiger partial charge >= 0.3 is 11.7 Å². The Morgan fingerprint density at radius 1 is 1.10 bits per heavy atom. The van der Waals surface area contributed by atoms with Gasteiger partial charge in [0.15, 0.2) is 0 Å². The van der Waals surface area contributed by atoms with Gasteiger partial charge in [-0.3, -0.25) is 18.7 Å². The maximum absolute atomic E-state index is 13.5. The number of nitrogens with one attached hydrogen (secondary N) is 2. The van der Waals surface area contributed by atoms with Crippen LogP contribution in [0.5, 0.6) is 0 Å². The molecule has 2 N–H and O–H groups in total. The van der Waals surface area contributed by atoms with E-state index in [-0.39, 0.29) is 28.8 Å². The first-order valence-corrected chi connectivity index (χ1v) is 13.5. The predicted molar refractivity (Wildman–Crippen MR) is 148 cm³/mol. The number of rotatable bonds is 6. The summed E-state index contributed by atoms with van der Waals surface area (Å²) in [4.78, 5) is 53.9. The van der Waals surface area contributed by atoms with Gasteiger partial charge < -0.3 is 15.5 Å². The molecule has 5 rings (SSSR count). The van der Waals surface area contributed by atoms with Crippen LogP contribution in [-0.4, -0.2) is 45.1 Å². The van der Waals surface area contributed by atoms with Gasteiger partial charge in [-0.15, -0.1) is 0 Å². The van der Waals surface area contributed by atoms with Crippen LogP contribution in [0.4, 0.5) is 10.5 Å². The van der Waals surface area contributed by atoms with E-state index in [9.17, 15) is 19.2 Å². The Morgan fingerprint density at radius 2 is 1.90 bits per heavy atom. The average Bonchev–Trinajstić information content (AvgIpc) is 3.76. The van der Waals surface area contributed by atoms with E-state index in [1.165, 1.54) is 10.6 Å². The molecule has 10 nitrogen and oxygen atoms in total. The van der Waals surface area contributed by atoms with Crippen molar-refractivity contribution < 1.29 is 9.59 Å². The number of hydrogen-bond donors (Lipinski definition) is 2. The minimum absolute atomic E-state index is 0.234. The number of nitriles is 1. The molecule has 0 radical (unpaired) electrons. The molecule has 1 saturated heterocycles. The van der Waals surface area contributed by atoms with Gasteiger partial charge in [0.1, 0.15) is 6.07 Å². The lowest BCUT2D eigenvalue weighted by molar-refractivity contribution is 0.0699. The molecule has 2 aliphatic rings. The second-order valence-corrected chi connectivity index (χ2v) is 10.5. The SMILES string of the molecule is CCn1c(=O)n(CC2CC2)c(=O)c2cc(C(=O)N3CCCC(NC(=O)Nc4ccc(Cl)c(C#N)c4)C3)ccc21. The van der Waals surface area contributed by atoms with Gasteiger partial charge in [-0.2, -0.15) is 5.26 Å². The second-order valence-electron chi connectivity index (χ2n) is 10.1. The number of amides is 3. The highest BCUT2D eigenvalue weighted by atomic mass is 35.5. The molecule has 202 valence electrons. The average molecular weight is 549 g/mol. The fraction of sp³-hybridized carbons (Fsp3) is 0.393. The molecule has 11 heteroatoms. The van der Waals surface area contributed by atoms with Crippen molar-refractivity contribution in [2.45, 2.75) is 51.7 Å². The molecule has 1 aromatic heterocycles. The number of urea groups is 1. The Morgan fingerprint density at radius 3 is 2.62 bits per heavy atom. The first-order valence-electron chi connectivity index (χ1n) is 13.1. The molecule has 1 atom stereocenters. The molecular weight excluding hydrogens is 520 g/mol. The number of halogens is 1. The van der Waals surface area contributed by atoms with Gasteiger partial charge in [0.25, 0.3) is 11.5 Å². The summed E-state index contributed by atoms with van der Waals surface area (Å²) in [5.41, 5.74) is 0.909. The number of piperidine rings is 1. The summed E-state index contributed by atoms with van der Waals surface area (Å²) in [7, 11) is 0. The number of likely N-dealkylation sites (tertiary alicyclic amines) is 1. The molecule has 39 heavy (non-hydrogen) atoms. The maximum Gasteiger partial charge on any atom is 0.331 e. The van der Waals surface area contributed by atoms with Crippen LogP contribution < -0.4 is 21.9 Å². The molecule has 1 saturated carbocycles. The zero-order chi connectivity index (χ0) is 27.7. The molecule has 0 bridgehead atoms. The summed E-state index contributed by atoms with van der Waals surface area (Å²) in [6.45, 7) is 3.52. The molecule has 0 spiro atoms. The summed E-state index contributed by atoms with van der Waals surface area (Å²) < 4.78 is 2.88. The van der Waals surface area contributed by atoms with Crippen LogP contribution in [-0.2, 0) is 13.1 Å². The molecular formula is C28H29ClN6O4. The molecule has 3 aromatic rings. The monoisotopic (exact) mass is 548 g/mol. The first kappa shape index (κ1) is 26.5. The standard InChI is InChI=1S/C28H29ClN6O4/c1-2-34-24-10-7-18(13-22(24)26(37)35(28(34)39)15-17-5-6-17)25(36)33-11-3-4-21(16-33)32-27(38)31-20-8-9-23(29)19(12-20)14-30/h7-10,12-13,17,21H,2-6,11,15-16H2,1H3,(H2,31,32,38). The predicted octanol–water partition coefficient (Wildman–Crippen LogP) is 3.54. The summed E-state index contributed by atoms with van der Waals surface area (Å²) in [6.07, 6.45) is 3.43. The summed E-state index contributed by atoms with van der Waals surface area (Å²) in [5.74, 6) is 0.119. The Labute approximate surface area is 229 Å². The van der Waals surface area contributed by atoms with Crippen molar-refractivity contribution in [1.82, 2.24) is 19.4 Å². The van der Waals surface area contributed by atoms with Crippen molar-refractivity contribution in [3.8, 4) is 6.07 Å². The first-order chi connectivity index (χ1) is 18.8. The molecule has 2 fully saturated rings. The fourth-order valence-corrected chi connectivity index (χ4v) is 5.25. The van der Waals surface area contributed by atoms with E-state index < -0.39 is 6.03 Å². The number of fused-ring (bicyclic) bond motifs is 1. The summed E-state index contributed by atoms with van der Waals surface area (Å²) >= 11 is 5.96. The van der Waals surface area contributed by atoms with Crippen LogP contribution in [0.3, 0.4) is 0 Å². The number of hydrogen-bond acceptors (Lipinski definition) is 5. The number of aryl methyl sites for hydroxylation is 1. The Hall–Kier alpha value is -4.10. The number of carbonyl (C=O) groups is 2. The number of anilines is 1. The van der Waals surface area contributed by atoms with Gasteiger partial charge in [-0.05, 0) is 74.9 Å². The maximum atomic E-state index is 13.5. The van der Waals surface area contributed by atoms with Gasteiger partial charge in [-0.1, -0.05) is 11.6 Å². The molecule has 2 heterocycles. The van der Waals surface area contributed by atoms with E-state index in [0.717, 1.165) is 12.8 Å². The quantitative estimate of drug-likeness (QED) is 0.486. The molecule has 1 unspecified atom stereocenters. The van der Waals surface area contributed by atoms with Gasteiger partial charge in [0, 0.05) is 43.5 Å². The smallest absolute Gasteiger partial charge is 0.331 e. The third-order valence-corrected chi connectivity index (χ3v) is 7.64. The largest absolute Gasteiger partial charge is 0.337 e. The van der Waals surface area contributed by atoms with Crippen LogP contribution in [0, 0.1) is 17.2 Å². The Kier molecular flexibility index (Phi) is 7.44. The van der Waals surface area contributed by atoms with Crippen LogP contribution >= 0.6 is 11.6 Å². The lowest BCUT2D eigenvalue weighted by Crippen LogP contribution is -2.50. The normalized spacial score (nSPS) is 17.1. The van der Waals surface area contributed by atoms with Gasteiger partial charge in [-0.25, -0.2) is 9.59 Å². The van der Waals surface area contributed by atoms with Crippen LogP contribution in [0.15, 0.2) is 46.0 Å².